The van der Waals surface area contributed by atoms with Gasteiger partial charge in [-0.3, -0.25) is 19.7 Å². The molecular weight excluding hydrogens is 450 g/mol. The SMILES string of the molecule is CC(NC(=O)OC(C)c1ccc2c(c1)C(=O)N(C1CCC(=O)NC1=O)C2)c1ccc2c(c1)OCC2. The number of rotatable bonds is 5. The second-order valence-corrected chi connectivity index (χ2v) is 9.20. The van der Waals surface area contributed by atoms with Gasteiger partial charge in [0.2, 0.25) is 11.8 Å². The predicted octanol–water partition coefficient (Wildman–Crippen LogP) is 2.93. The van der Waals surface area contributed by atoms with E-state index in [4.69, 9.17) is 9.47 Å². The van der Waals surface area contributed by atoms with Gasteiger partial charge in [0.1, 0.15) is 17.9 Å². The Morgan fingerprint density at radius 3 is 2.66 bits per heavy atom. The Bertz CT molecular complexity index is 1230. The quantitative estimate of drug-likeness (QED) is 0.640. The van der Waals surface area contributed by atoms with E-state index in [0.717, 1.165) is 23.3 Å². The zero-order valence-corrected chi connectivity index (χ0v) is 19.6. The van der Waals surface area contributed by atoms with E-state index in [1.807, 2.05) is 37.3 Å². The third-order valence-corrected chi connectivity index (χ3v) is 6.86. The van der Waals surface area contributed by atoms with Crippen LogP contribution >= 0.6 is 0 Å². The number of benzene rings is 2. The lowest BCUT2D eigenvalue weighted by molar-refractivity contribution is -0.136. The summed E-state index contributed by atoms with van der Waals surface area (Å²) in [6, 6.07) is 10.3. The van der Waals surface area contributed by atoms with Crippen LogP contribution in [0.15, 0.2) is 36.4 Å². The summed E-state index contributed by atoms with van der Waals surface area (Å²) in [6.45, 7) is 4.60. The molecule has 35 heavy (non-hydrogen) atoms. The van der Waals surface area contributed by atoms with Crippen LogP contribution in [0.4, 0.5) is 4.79 Å². The Kier molecular flexibility index (Phi) is 5.92. The molecule has 3 unspecified atom stereocenters. The highest BCUT2D eigenvalue weighted by atomic mass is 16.6. The van der Waals surface area contributed by atoms with Crippen molar-refractivity contribution in [2.24, 2.45) is 0 Å². The van der Waals surface area contributed by atoms with Gasteiger partial charge in [-0.05, 0) is 54.7 Å². The van der Waals surface area contributed by atoms with Gasteiger partial charge in [-0.25, -0.2) is 4.79 Å². The van der Waals surface area contributed by atoms with Crippen LogP contribution in [0, 0.1) is 0 Å². The average molecular weight is 478 g/mol. The Morgan fingerprint density at radius 1 is 1.09 bits per heavy atom. The van der Waals surface area contributed by atoms with Gasteiger partial charge in [0.05, 0.1) is 12.6 Å². The zero-order valence-electron chi connectivity index (χ0n) is 19.6. The van der Waals surface area contributed by atoms with Crippen LogP contribution in [0.3, 0.4) is 0 Å². The highest BCUT2D eigenvalue weighted by Crippen LogP contribution is 2.31. The van der Waals surface area contributed by atoms with Crippen molar-refractivity contribution in [3.8, 4) is 5.75 Å². The fourth-order valence-electron chi connectivity index (χ4n) is 4.80. The van der Waals surface area contributed by atoms with Crippen LogP contribution in [0.5, 0.6) is 5.75 Å². The van der Waals surface area contributed by atoms with Crippen LogP contribution in [0.2, 0.25) is 0 Å². The number of piperidine rings is 1. The van der Waals surface area contributed by atoms with Gasteiger partial charge in [-0.1, -0.05) is 24.3 Å². The maximum Gasteiger partial charge on any atom is 0.408 e. The molecule has 3 aliphatic rings. The van der Waals surface area contributed by atoms with Crippen molar-refractivity contribution >= 4 is 23.8 Å². The Labute approximate surface area is 202 Å². The van der Waals surface area contributed by atoms with Crippen LogP contribution in [-0.2, 0) is 27.3 Å². The second kappa shape index (κ2) is 9.05. The van der Waals surface area contributed by atoms with E-state index in [1.54, 1.807) is 13.0 Å². The van der Waals surface area contributed by atoms with Gasteiger partial charge in [0.25, 0.3) is 5.91 Å². The molecular formula is C26H27N3O6. The first-order valence-electron chi connectivity index (χ1n) is 11.8. The maximum absolute atomic E-state index is 13.0. The van der Waals surface area contributed by atoms with Crippen molar-refractivity contribution in [3.05, 3.63) is 64.2 Å². The number of hydrogen-bond donors (Lipinski definition) is 2. The summed E-state index contributed by atoms with van der Waals surface area (Å²) in [5.41, 5.74) is 4.05. The normalized spacial score (nSPS) is 20.5. The molecule has 3 atom stereocenters. The van der Waals surface area contributed by atoms with Gasteiger partial charge in [0.15, 0.2) is 0 Å². The van der Waals surface area contributed by atoms with E-state index in [1.165, 1.54) is 10.5 Å². The molecule has 1 saturated heterocycles. The first kappa shape index (κ1) is 22.9. The van der Waals surface area contributed by atoms with E-state index in [9.17, 15) is 19.2 Å². The third-order valence-electron chi connectivity index (χ3n) is 6.86. The van der Waals surface area contributed by atoms with Crippen molar-refractivity contribution in [3.63, 3.8) is 0 Å². The summed E-state index contributed by atoms with van der Waals surface area (Å²) >= 11 is 0. The highest BCUT2D eigenvalue weighted by Gasteiger charge is 2.39. The summed E-state index contributed by atoms with van der Waals surface area (Å²) in [7, 11) is 0. The Morgan fingerprint density at radius 2 is 1.86 bits per heavy atom. The number of carbonyl (C=O) groups excluding carboxylic acids is 4. The van der Waals surface area contributed by atoms with Crippen LogP contribution in [-0.4, -0.2) is 41.4 Å². The first-order valence-corrected chi connectivity index (χ1v) is 11.8. The number of imide groups is 1. The molecule has 0 bridgehead atoms. The number of ether oxygens (including phenoxy) is 2. The number of fused-ring (bicyclic) bond motifs is 2. The number of nitrogens with one attached hydrogen (secondary N) is 2. The molecule has 0 saturated carbocycles. The lowest BCUT2D eigenvalue weighted by Crippen LogP contribution is -2.52. The molecule has 0 aromatic heterocycles. The lowest BCUT2D eigenvalue weighted by Gasteiger charge is -2.29. The molecule has 0 radical (unpaired) electrons. The Hall–Kier alpha value is -3.88. The average Bonchev–Trinajstić information content (AvgIpc) is 3.42. The fraction of sp³-hybridized carbons (Fsp3) is 0.385. The van der Waals surface area contributed by atoms with Gasteiger partial charge < -0.3 is 19.7 Å². The number of carbonyl (C=O) groups is 4. The van der Waals surface area contributed by atoms with Gasteiger partial charge in [-0.15, -0.1) is 0 Å². The van der Waals surface area contributed by atoms with E-state index in [0.29, 0.717) is 30.7 Å². The second-order valence-electron chi connectivity index (χ2n) is 9.20. The maximum atomic E-state index is 13.0. The molecule has 182 valence electrons. The number of amides is 4. The van der Waals surface area contributed by atoms with Crippen molar-refractivity contribution in [2.45, 2.75) is 57.8 Å². The molecule has 3 heterocycles. The fourth-order valence-corrected chi connectivity index (χ4v) is 4.80. The molecule has 1 fully saturated rings. The predicted molar refractivity (Wildman–Crippen MR) is 125 cm³/mol. The van der Waals surface area contributed by atoms with E-state index in [-0.39, 0.29) is 24.3 Å². The Balaban J connectivity index is 1.22. The highest BCUT2D eigenvalue weighted by molar-refractivity contribution is 6.05. The summed E-state index contributed by atoms with van der Waals surface area (Å²) in [5.74, 6) is -0.173. The standard InChI is InChI=1S/C26H27N3O6/c1-14(17-4-3-16-9-10-34-22(16)12-17)27-26(33)35-15(2)18-5-6-19-13-29(25(32)20(19)11-18)21-7-8-23(30)28-24(21)31/h3-6,11-12,14-15,21H,7-10,13H2,1-2H3,(H,27,33)(H,28,30,31). The molecule has 4 amide bonds. The first-order chi connectivity index (χ1) is 16.8. The minimum Gasteiger partial charge on any atom is -0.493 e. The van der Waals surface area contributed by atoms with E-state index >= 15 is 0 Å². The number of hydrogen-bond acceptors (Lipinski definition) is 6. The number of nitrogens with zero attached hydrogens (tertiary/aromatic N) is 1. The van der Waals surface area contributed by atoms with Crippen molar-refractivity contribution < 1.29 is 28.7 Å². The summed E-state index contributed by atoms with van der Waals surface area (Å²) in [6.07, 6.45) is 0.257. The van der Waals surface area contributed by atoms with Gasteiger partial charge >= 0.3 is 6.09 Å². The van der Waals surface area contributed by atoms with Crippen molar-refractivity contribution in [2.75, 3.05) is 6.61 Å². The molecule has 2 aromatic rings. The topological polar surface area (TPSA) is 114 Å². The van der Waals surface area contributed by atoms with Gasteiger partial charge in [0, 0.05) is 24.9 Å². The lowest BCUT2D eigenvalue weighted by atomic mass is 10.0. The van der Waals surface area contributed by atoms with E-state index in [2.05, 4.69) is 10.6 Å². The molecule has 3 aliphatic heterocycles. The van der Waals surface area contributed by atoms with Crippen LogP contribution in [0.25, 0.3) is 0 Å². The minimum absolute atomic E-state index is 0.207. The van der Waals surface area contributed by atoms with E-state index < -0.39 is 24.1 Å². The number of alkyl carbamates (subject to hydrolysis) is 1. The van der Waals surface area contributed by atoms with Crippen molar-refractivity contribution in [1.29, 1.82) is 0 Å². The van der Waals surface area contributed by atoms with Crippen LogP contribution < -0.4 is 15.4 Å². The zero-order chi connectivity index (χ0) is 24.7. The molecule has 5 rings (SSSR count). The summed E-state index contributed by atoms with van der Waals surface area (Å²) in [5, 5.41) is 5.14. The summed E-state index contributed by atoms with van der Waals surface area (Å²) in [4.78, 5) is 50.8. The smallest absolute Gasteiger partial charge is 0.408 e. The van der Waals surface area contributed by atoms with Crippen LogP contribution in [0.1, 0.15) is 71.4 Å². The molecule has 2 aromatic carbocycles. The molecule has 2 N–H and O–H groups in total. The van der Waals surface area contributed by atoms with Crippen molar-refractivity contribution in [1.82, 2.24) is 15.5 Å². The minimum atomic E-state index is -0.665. The van der Waals surface area contributed by atoms with Gasteiger partial charge in [-0.2, -0.15) is 0 Å². The molecule has 9 heteroatoms. The molecule has 0 aliphatic carbocycles. The largest absolute Gasteiger partial charge is 0.493 e. The summed E-state index contributed by atoms with van der Waals surface area (Å²) < 4.78 is 11.2. The molecule has 0 spiro atoms. The third kappa shape index (κ3) is 4.45. The molecule has 9 nitrogen and oxygen atoms in total. The monoisotopic (exact) mass is 477 g/mol.